The lowest BCUT2D eigenvalue weighted by Crippen LogP contribution is -2.14. The topological polar surface area (TPSA) is 42.4 Å². The number of nitrogens with two attached hydrogens (primary N) is 1. The summed E-state index contributed by atoms with van der Waals surface area (Å²) in [7, 11) is 2.12. The summed E-state index contributed by atoms with van der Waals surface area (Å²) >= 11 is 0. The van der Waals surface area contributed by atoms with Gasteiger partial charge in [-0.1, -0.05) is 6.42 Å². The van der Waals surface area contributed by atoms with Gasteiger partial charge in [-0.2, -0.15) is 0 Å². The minimum absolute atomic E-state index is 0.637. The van der Waals surface area contributed by atoms with E-state index in [-0.39, 0.29) is 0 Å². The standard InChI is InChI=1S/C12H18N2O/c1-14-6-10-9(5-13)12(8-3-2-4-8)15-11(10)7-14/h8H,2-7,13H2,1H3. The van der Waals surface area contributed by atoms with E-state index in [1.807, 2.05) is 0 Å². The summed E-state index contributed by atoms with van der Waals surface area (Å²) in [6.07, 6.45) is 3.92. The van der Waals surface area contributed by atoms with Gasteiger partial charge in [-0.05, 0) is 19.9 Å². The number of fused-ring (bicyclic) bond motifs is 1. The van der Waals surface area contributed by atoms with E-state index < -0.39 is 0 Å². The lowest BCUT2D eigenvalue weighted by Gasteiger charge is -2.24. The average molecular weight is 206 g/mol. The fraction of sp³-hybridized carbons (Fsp3) is 0.667. The van der Waals surface area contributed by atoms with Crippen LogP contribution in [0.4, 0.5) is 0 Å². The Morgan fingerprint density at radius 2 is 2.20 bits per heavy atom. The SMILES string of the molecule is CN1Cc2oc(C3CCC3)c(CN)c2C1. The molecule has 1 saturated carbocycles. The Labute approximate surface area is 90.2 Å². The number of hydrogen-bond donors (Lipinski definition) is 1. The van der Waals surface area contributed by atoms with Gasteiger partial charge < -0.3 is 10.2 Å². The largest absolute Gasteiger partial charge is 0.464 e. The molecule has 3 nitrogen and oxygen atoms in total. The molecule has 0 spiro atoms. The van der Waals surface area contributed by atoms with Crippen LogP contribution in [0, 0.1) is 0 Å². The van der Waals surface area contributed by atoms with E-state index >= 15 is 0 Å². The van der Waals surface area contributed by atoms with E-state index in [9.17, 15) is 0 Å². The molecular formula is C12H18N2O. The number of nitrogens with zero attached hydrogens (tertiary/aromatic N) is 1. The van der Waals surface area contributed by atoms with E-state index in [0.717, 1.165) is 13.1 Å². The van der Waals surface area contributed by atoms with Crippen molar-refractivity contribution in [3.05, 3.63) is 22.6 Å². The van der Waals surface area contributed by atoms with Crippen LogP contribution in [-0.2, 0) is 19.6 Å². The second-order valence-electron chi connectivity index (χ2n) is 4.85. The molecule has 2 N–H and O–H groups in total. The minimum atomic E-state index is 0.637. The van der Waals surface area contributed by atoms with Crippen molar-refractivity contribution in [2.45, 2.75) is 44.8 Å². The summed E-state index contributed by atoms with van der Waals surface area (Å²) in [6.45, 7) is 2.60. The molecule has 0 amide bonds. The molecule has 1 aliphatic heterocycles. The van der Waals surface area contributed by atoms with Gasteiger partial charge in [0, 0.05) is 30.1 Å². The molecule has 2 aliphatic rings. The molecule has 3 heteroatoms. The Hall–Kier alpha value is -0.800. The van der Waals surface area contributed by atoms with E-state index in [2.05, 4.69) is 11.9 Å². The second-order valence-corrected chi connectivity index (χ2v) is 4.85. The van der Waals surface area contributed by atoms with Crippen molar-refractivity contribution in [2.75, 3.05) is 7.05 Å². The predicted octanol–water partition coefficient (Wildman–Crippen LogP) is 1.95. The Morgan fingerprint density at radius 3 is 2.80 bits per heavy atom. The first-order chi connectivity index (χ1) is 7.29. The first-order valence-electron chi connectivity index (χ1n) is 5.81. The molecule has 0 bridgehead atoms. The van der Waals surface area contributed by atoms with E-state index in [0.29, 0.717) is 12.5 Å². The summed E-state index contributed by atoms with van der Waals surface area (Å²) in [5.41, 5.74) is 8.53. The van der Waals surface area contributed by atoms with Crippen molar-refractivity contribution in [2.24, 2.45) is 5.73 Å². The van der Waals surface area contributed by atoms with Crippen molar-refractivity contribution in [3.8, 4) is 0 Å². The zero-order valence-electron chi connectivity index (χ0n) is 9.25. The van der Waals surface area contributed by atoms with Crippen molar-refractivity contribution in [1.82, 2.24) is 4.90 Å². The first kappa shape index (κ1) is 9.43. The van der Waals surface area contributed by atoms with E-state index in [1.165, 1.54) is 41.9 Å². The van der Waals surface area contributed by atoms with Crippen LogP contribution in [0.25, 0.3) is 0 Å². The molecule has 0 atom stereocenters. The molecule has 0 saturated heterocycles. The van der Waals surface area contributed by atoms with E-state index in [4.69, 9.17) is 10.2 Å². The fourth-order valence-corrected chi connectivity index (χ4v) is 2.68. The fourth-order valence-electron chi connectivity index (χ4n) is 2.68. The van der Waals surface area contributed by atoms with Crippen LogP contribution in [0.2, 0.25) is 0 Å². The third-order valence-electron chi connectivity index (χ3n) is 3.75. The summed E-state index contributed by atoms with van der Waals surface area (Å²) in [5.74, 6) is 3.04. The Morgan fingerprint density at radius 1 is 1.40 bits per heavy atom. The average Bonchev–Trinajstić information content (AvgIpc) is 2.57. The molecule has 0 unspecified atom stereocenters. The van der Waals surface area contributed by atoms with Gasteiger partial charge in [0.25, 0.3) is 0 Å². The molecule has 0 aromatic carbocycles. The van der Waals surface area contributed by atoms with Crippen molar-refractivity contribution in [3.63, 3.8) is 0 Å². The van der Waals surface area contributed by atoms with Crippen LogP contribution < -0.4 is 5.73 Å². The van der Waals surface area contributed by atoms with Crippen LogP contribution in [0.1, 0.15) is 47.8 Å². The highest BCUT2D eigenvalue weighted by Crippen LogP contribution is 2.42. The van der Waals surface area contributed by atoms with E-state index in [1.54, 1.807) is 0 Å². The molecule has 3 rings (SSSR count). The van der Waals surface area contributed by atoms with Crippen LogP contribution in [0.15, 0.2) is 4.42 Å². The minimum Gasteiger partial charge on any atom is -0.464 e. The van der Waals surface area contributed by atoms with Gasteiger partial charge in [-0.3, -0.25) is 4.90 Å². The van der Waals surface area contributed by atoms with Crippen molar-refractivity contribution in [1.29, 1.82) is 0 Å². The number of furan rings is 1. The number of hydrogen-bond acceptors (Lipinski definition) is 3. The maximum Gasteiger partial charge on any atom is 0.123 e. The lowest BCUT2D eigenvalue weighted by molar-refractivity contribution is 0.295. The highest BCUT2D eigenvalue weighted by Gasteiger charge is 2.31. The smallest absolute Gasteiger partial charge is 0.123 e. The monoisotopic (exact) mass is 206 g/mol. The Kier molecular flexibility index (Phi) is 2.11. The molecule has 0 radical (unpaired) electrons. The molecule has 15 heavy (non-hydrogen) atoms. The normalized spacial score (nSPS) is 21.7. The summed E-state index contributed by atoms with van der Waals surface area (Å²) in [5, 5.41) is 0. The molecule has 1 aromatic heterocycles. The van der Waals surface area contributed by atoms with Crippen LogP contribution >= 0.6 is 0 Å². The van der Waals surface area contributed by atoms with Crippen molar-refractivity contribution < 1.29 is 4.42 Å². The lowest BCUT2D eigenvalue weighted by atomic mass is 9.82. The van der Waals surface area contributed by atoms with Gasteiger partial charge in [0.2, 0.25) is 0 Å². The van der Waals surface area contributed by atoms with Gasteiger partial charge in [0.1, 0.15) is 11.5 Å². The third-order valence-corrected chi connectivity index (χ3v) is 3.75. The third kappa shape index (κ3) is 1.34. The van der Waals surface area contributed by atoms with Crippen molar-refractivity contribution >= 4 is 0 Å². The summed E-state index contributed by atoms with van der Waals surface area (Å²) in [4.78, 5) is 2.28. The van der Waals surface area contributed by atoms with Crippen LogP contribution in [-0.4, -0.2) is 11.9 Å². The van der Waals surface area contributed by atoms with Crippen LogP contribution in [0.3, 0.4) is 0 Å². The molecule has 1 aliphatic carbocycles. The first-order valence-corrected chi connectivity index (χ1v) is 5.81. The maximum atomic E-state index is 6.00. The van der Waals surface area contributed by atoms with Gasteiger partial charge in [-0.25, -0.2) is 0 Å². The highest BCUT2D eigenvalue weighted by molar-refractivity contribution is 5.38. The van der Waals surface area contributed by atoms with Gasteiger partial charge in [0.15, 0.2) is 0 Å². The Bertz CT molecular complexity index is 379. The molecule has 1 aromatic rings. The van der Waals surface area contributed by atoms with Gasteiger partial charge in [-0.15, -0.1) is 0 Å². The molecule has 82 valence electrons. The molecular weight excluding hydrogens is 188 g/mol. The summed E-state index contributed by atoms with van der Waals surface area (Å²) < 4.78 is 6.00. The molecule has 1 fully saturated rings. The zero-order valence-corrected chi connectivity index (χ0v) is 9.25. The quantitative estimate of drug-likeness (QED) is 0.804. The van der Waals surface area contributed by atoms with Gasteiger partial charge >= 0.3 is 0 Å². The maximum absolute atomic E-state index is 6.00. The Balaban J connectivity index is 1.99. The zero-order chi connectivity index (χ0) is 10.4. The summed E-state index contributed by atoms with van der Waals surface area (Å²) in [6, 6.07) is 0. The van der Waals surface area contributed by atoms with Gasteiger partial charge in [0.05, 0.1) is 6.54 Å². The predicted molar refractivity (Wildman–Crippen MR) is 58.4 cm³/mol. The number of rotatable bonds is 2. The second kappa shape index (κ2) is 3.35. The molecule has 2 heterocycles. The van der Waals surface area contributed by atoms with Crippen LogP contribution in [0.5, 0.6) is 0 Å². The highest BCUT2D eigenvalue weighted by atomic mass is 16.3.